The van der Waals surface area contributed by atoms with E-state index in [1.54, 1.807) is 0 Å². The van der Waals surface area contributed by atoms with Crippen LogP contribution >= 0.6 is 0 Å². The Balaban J connectivity index is -0.0000000200. The average Bonchev–Trinajstić information content (AvgIpc) is 0.918. The van der Waals surface area contributed by atoms with E-state index >= 15 is 0 Å². The van der Waals surface area contributed by atoms with Crippen LogP contribution in [0.3, 0.4) is 0 Å². The van der Waals surface area contributed by atoms with Crippen molar-refractivity contribution in [1.82, 2.24) is 0 Å². The summed E-state index contributed by atoms with van der Waals surface area (Å²) in [5, 5.41) is 0. The smallest absolute Gasteiger partial charge is 1.00 e. The molecule has 2 nitrogen and oxygen atoms in total. The molecule has 0 heterocycles. The van der Waals surface area contributed by atoms with Gasteiger partial charge in [0.1, 0.15) is 0 Å². The van der Waals surface area contributed by atoms with Crippen LogP contribution < -0.4 is 23.6 Å². The zero-order valence-corrected chi connectivity index (χ0v) is 3.69. The van der Waals surface area contributed by atoms with Crippen molar-refractivity contribution in [1.29, 1.82) is 0 Å². The standard InChI is InChI=1S/FH.Li.O2Si/c;;1-3-2/h1H;;/q;+1;/p-1. The third-order valence-electron chi connectivity index (χ3n) is 0. The molecule has 0 saturated heterocycles. The van der Waals surface area contributed by atoms with Gasteiger partial charge in [0.15, 0.2) is 0 Å². The first-order valence-corrected chi connectivity index (χ1v) is 1.22. The fraction of sp³-hybridized carbons (Fsp3) is 0. The van der Waals surface area contributed by atoms with E-state index in [1.165, 1.54) is 0 Å². The predicted octanol–water partition coefficient (Wildman–Crippen LogP) is -6.61. The Morgan fingerprint density at radius 2 is 1.20 bits per heavy atom. The van der Waals surface area contributed by atoms with Gasteiger partial charge in [-0.15, -0.1) is 0 Å². The van der Waals surface area contributed by atoms with Crippen LogP contribution in [0, 0.1) is 0 Å². The Hall–Kier alpha value is 0.344. The van der Waals surface area contributed by atoms with Crippen molar-refractivity contribution in [3.05, 3.63) is 0 Å². The minimum absolute atomic E-state index is 0. The molecule has 0 rings (SSSR count). The monoisotopic (exact) mass is 86.0 g/mol. The maximum absolute atomic E-state index is 8.40. The Morgan fingerprint density at radius 1 is 1.20 bits per heavy atom. The second-order valence-corrected chi connectivity index (χ2v) is 0.250. The van der Waals surface area contributed by atoms with Crippen LogP contribution in [0.2, 0.25) is 0 Å². The van der Waals surface area contributed by atoms with Crippen molar-refractivity contribution in [3.8, 4) is 0 Å². The molecule has 0 unspecified atom stereocenters. The molecule has 0 N–H and O–H groups in total. The third-order valence-corrected chi connectivity index (χ3v) is 0. The summed E-state index contributed by atoms with van der Waals surface area (Å²) >= 11 is 0. The van der Waals surface area contributed by atoms with Gasteiger partial charge < -0.3 is 4.70 Å². The second-order valence-electron chi connectivity index (χ2n) is 0.0833. The topological polar surface area (TPSA) is 34.1 Å². The first kappa shape index (κ1) is 18.4. The third kappa shape index (κ3) is 201. The first-order valence-electron chi connectivity index (χ1n) is 0.408. The van der Waals surface area contributed by atoms with Crippen molar-refractivity contribution in [2.75, 3.05) is 0 Å². The summed E-state index contributed by atoms with van der Waals surface area (Å²) < 4.78 is 16.8. The van der Waals surface area contributed by atoms with Gasteiger partial charge in [0.25, 0.3) is 0 Å². The molecule has 0 aromatic heterocycles. The summed E-state index contributed by atoms with van der Waals surface area (Å²) in [5.74, 6) is 0. The van der Waals surface area contributed by atoms with Crippen molar-refractivity contribution in [2.45, 2.75) is 0 Å². The van der Waals surface area contributed by atoms with Crippen molar-refractivity contribution >= 4 is 9.29 Å². The largest absolute Gasteiger partial charge is 1.00 e. The molecule has 0 bridgehead atoms. The molecule has 0 amide bonds. The molecule has 5 heteroatoms. The second kappa shape index (κ2) is 26.9. The molecule has 0 spiro atoms. The minimum atomic E-state index is -1.42. The average molecular weight is 86.0 g/mol. The maximum atomic E-state index is 8.40. The molecule has 0 aliphatic rings. The molecule has 0 saturated carbocycles. The van der Waals surface area contributed by atoms with Gasteiger partial charge in [0.2, 0.25) is 0 Å². The van der Waals surface area contributed by atoms with Crippen LogP contribution in [-0.2, 0) is 8.92 Å². The fourth-order valence-electron chi connectivity index (χ4n) is 0. The van der Waals surface area contributed by atoms with E-state index in [-0.39, 0.29) is 23.6 Å². The van der Waals surface area contributed by atoms with Gasteiger partial charge in [-0.2, -0.15) is 0 Å². The molecule has 24 valence electrons. The van der Waals surface area contributed by atoms with E-state index in [2.05, 4.69) is 0 Å². The molecular weight excluding hydrogens is 86.0 g/mol. The first-order chi connectivity index (χ1) is 1.41. The van der Waals surface area contributed by atoms with Crippen LogP contribution in [0.1, 0.15) is 0 Å². The molecule has 0 fully saturated rings. The fourth-order valence-corrected chi connectivity index (χ4v) is 0. The van der Waals surface area contributed by atoms with Gasteiger partial charge >= 0.3 is 28.2 Å². The van der Waals surface area contributed by atoms with Crippen LogP contribution in [0.4, 0.5) is 0 Å². The van der Waals surface area contributed by atoms with Gasteiger partial charge in [-0.25, -0.2) is 0 Å². The summed E-state index contributed by atoms with van der Waals surface area (Å²) in [7, 11) is -1.42. The Morgan fingerprint density at radius 3 is 1.20 bits per heavy atom. The van der Waals surface area contributed by atoms with Gasteiger partial charge in [0, 0.05) is 0 Å². The van der Waals surface area contributed by atoms with Crippen molar-refractivity contribution in [3.63, 3.8) is 0 Å². The summed E-state index contributed by atoms with van der Waals surface area (Å²) in [5.41, 5.74) is 0. The van der Waals surface area contributed by atoms with Gasteiger partial charge in [0.05, 0.1) is 0 Å². The SMILES string of the molecule is O=[Si]=O.[F-].[Li+]. The number of hydrogen-bond acceptors (Lipinski definition) is 2. The van der Waals surface area contributed by atoms with E-state index in [9.17, 15) is 0 Å². The zero-order chi connectivity index (χ0) is 2.71. The summed E-state index contributed by atoms with van der Waals surface area (Å²) in [6.07, 6.45) is 0. The van der Waals surface area contributed by atoms with Crippen LogP contribution in [0.5, 0.6) is 0 Å². The maximum Gasteiger partial charge on any atom is 1.00 e. The van der Waals surface area contributed by atoms with Gasteiger partial charge in [-0.1, -0.05) is 0 Å². The molecule has 0 atom stereocenters. The number of rotatable bonds is 0. The normalized spacial score (nSPS) is 1.60. The molecule has 0 aromatic carbocycles. The molecule has 0 aliphatic carbocycles. The van der Waals surface area contributed by atoms with E-state index in [0.717, 1.165) is 0 Å². The molecular formula is FLiO2Si. The Labute approximate surface area is 42.4 Å². The summed E-state index contributed by atoms with van der Waals surface area (Å²) in [4.78, 5) is 0. The summed E-state index contributed by atoms with van der Waals surface area (Å²) in [6, 6.07) is 0. The number of halogens is 1. The Kier molecular flexibility index (Phi) is 98.7. The van der Waals surface area contributed by atoms with Crippen LogP contribution in [0.25, 0.3) is 0 Å². The van der Waals surface area contributed by atoms with E-state index in [1.807, 2.05) is 0 Å². The zero-order valence-electron chi connectivity index (χ0n) is 2.69. The van der Waals surface area contributed by atoms with Crippen LogP contribution in [0.15, 0.2) is 0 Å². The quantitative estimate of drug-likeness (QED) is 0.275. The van der Waals surface area contributed by atoms with Gasteiger partial charge in [-0.3, -0.25) is 8.92 Å². The molecule has 0 radical (unpaired) electrons. The van der Waals surface area contributed by atoms with E-state index in [4.69, 9.17) is 8.92 Å². The molecule has 5 heavy (non-hydrogen) atoms. The van der Waals surface area contributed by atoms with E-state index < -0.39 is 9.29 Å². The van der Waals surface area contributed by atoms with E-state index in [0.29, 0.717) is 0 Å². The summed E-state index contributed by atoms with van der Waals surface area (Å²) in [6.45, 7) is 0. The molecule has 0 aliphatic heterocycles. The predicted molar refractivity (Wildman–Crippen MR) is 7.13 cm³/mol. The van der Waals surface area contributed by atoms with Crippen LogP contribution in [-0.4, -0.2) is 9.29 Å². The number of hydrogen-bond donors (Lipinski definition) is 0. The van der Waals surface area contributed by atoms with Gasteiger partial charge in [-0.05, 0) is 0 Å². The Bertz CT molecular complexity index is 30.6. The minimum Gasteiger partial charge on any atom is -1.00 e. The van der Waals surface area contributed by atoms with Crippen molar-refractivity contribution in [2.24, 2.45) is 0 Å². The molecule has 0 aromatic rings. The van der Waals surface area contributed by atoms with Crippen molar-refractivity contribution < 1.29 is 32.5 Å².